The minimum Gasteiger partial charge on any atom is -0.495 e. The van der Waals surface area contributed by atoms with Crippen LogP contribution in [-0.4, -0.2) is 17.3 Å². The molecule has 6 heteroatoms. The van der Waals surface area contributed by atoms with E-state index in [1.54, 1.807) is 18.4 Å². The predicted octanol–water partition coefficient (Wildman–Crippen LogP) is 2.84. The first kappa shape index (κ1) is 12.6. The third kappa shape index (κ3) is 2.15. The SMILES string of the molecule is COc1cc(C)sc1-c1nc(C2(N)CCCC2)no1. The van der Waals surface area contributed by atoms with Gasteiger partial charge in [0.1, 0.15) is 10.6 Å². The van der Waals surface area contributed by atoms with E-state index < -0.39 is 5.54 Å². The second-order valence-electron chi connectivity index (χ2n) is 5.04. The van der Waals surface area contributed by atoms with E-state index in [0.717, 1.165) is 41.2 Å². The number of nitrogens with zero attached hydrogens (tertiary/aromatic N) is 2. The fourth-order valence-corrected chi connectivity index (χ4v) is 3.44. The number of hydrogen-bond donors (Lipinski definition) is 1. The first-order valence-electron chi connectivity index (χ1n) is 6.40. The van der Waals surface area contributed by atoms with Crippen LogP contribution in [0.2, 0.25) is 0 Å². The maximum absolute atomic E-state index is 6.33. The van der Waals surface area contributed by atoms with Gasteiger partial charge in [-0.3, -0.25) is 0 Å². The van der Waals surface area contributed by atoms with Gasteiger partial charge in [0.25, 0.3) is 5.89 Å². The molecule has 1 aliphatic carbocycles. The Morgan fingerprint density at radius 3 is 2.84 bits per heavy atom. The van der Waals surface area contributed by atoms with Crippen molar-refractivity contribution in [3.63, 3.8) is 0 Å². The molecule has 2 N–H and O–H groups in total. The Bertz CT molecular complexity index is 584. The number of methoxy groups -OCH3 is 1. The summed E-state index contributed by atoms with van der Waals surface area (Å²) in [6, 6.07) is 1.97. The molecule has 0 bridgehead atoms. The highest BCUT2D eigenvalue weighted by Gasteiger charge is 2.36. The molecule has 0 spiro atoms. The van der Waals surface area contributed by atoms with Crippen molar-refractivity contribution in [1.29, 1.82) is 0 Å². The van der Waals surface area contributed by atoms with E-state index in [9.17, 15) is 0 Å². The minimum atomic E-state index is -0.415. The number of thiophene rings is 1. The lowest BCUT2D eigenvalue weighted by molar-refractivity contribution is 0.371. The van der Waals surface area contributed by atoms with Crippen LogP contribution in [0.25, 0.3) is 10.8 Å². The zero-order chi connectivity index (χ0) is 13.5. The average Bonchev–Trinajstić information content (AvgIpc) is 3.07. The predicted molar refractivity (Wildman–Crippen MR) is 73.2 cm³/mol. The van der Waals surface area contributed by atoms with E-state index >= 15 is 0 Å². The Morgan fingerprint density at radius 2 is 2.16 bits per heavy atom. The lowest BCUT2D eigenvalue weighted by atomic mass is 9.99. The fraction of sp³-hybridized carbons (Fsp3) is 0.538. The van der Waals surface area contributed by atoms with Gasteiger partial charge in [0, 0.05) is 4.88 Å². The van der Waals surface area contributed by atoms with Crippen LogP contribution in [0.4, 0.5) is 0 Å². The fourth-order valence-electron chi connectivity index (χ4n) is 2.54. The molecule has 19 heavy (non-hydrogen) atoms. The smallest absolute Gasteiger partial charge is 0.271 e. The highest BCUT2D eigenvalue weighted by Crippen LogP contribution is 2.39. The van der Waals surface area contributed by atoms with Crippen molar-refractivity contribution < 1.29 is 9.26 Å². The van der Waals surface area contributed by atoms with Crippen LogP contribution < -0.4 is 10.5 Å². The molecule has 0 amide bonds. The standard InChI is InChI=1S/C13H17N3O2S/c1-8-7-9(17-2)10(19-8)11-15-12(16-18-11)13(14)5-3-4-6-13/h7H,3-6,14H2,1-2H3. The van der Waals surface area contributed by atoms with Gasteiger partial charge in [-0.05, 0) is 25.8 Å². The molecular formula is C13H17N3O2S. The Kier molecular flexibility index (Phi) is 3.06. The number of aryl methyl sites for hydroxylation is 1. The van der Waals surface area contributed by atoms with Gasteiger partial charge in [-0.25, -0.2) is 0 Å². The molecule has 0 saturated heterocycles. The van der Waals surface area contributed by atoms with E-state index in [4.69, 9.17) is 15.0 Å². The van der Waals surface area contributed by atoms with Crippen molar-refractivity contribution in [2.24, 2.45) is 5.73 Å². The Hall–Kier alpha value is -1.40. The van der Waals surface area contributed by atoms with Crippen LogP contribution in [-0.2, 0) is 5.54 Å². The van der Waals surface area contributed by atoms with Gasteiger partial charge in [0.05, 0.1) is 12.6 Å². The first-order chi connectivity index (χ1) is 9.12. The van der Waals surface area contributed by atoms with Crippen LogP contribution >= 0.6 is 11.3 Å². The lowest BCUT2D eigenvalue weighted by Gasteiger charge is -2.17. The maximum atomic E-state index is 6.33. The molecule has 0 atom stereocenters. The molecule has 2 heterocycles. The van der Waals surface area contributed by atoms with Crippen molar-refractivity contribution in [3.8, 4) is 16.5 Å². The molecule has 1 aliphatic rings. The van der Waals surface area contributed by atoms with Crippen molar-refractivity contribution in [1.82, 2.24) is 10.1 Å². The molecule has 102 valence electrons. The van der Waals surface area contributed by atoms with E-state index in [2.05, 4.69) is 10.1 Å². The number of nitrogens with two attached hydrogens (primary N) is 1. The summed E-state index contributed by atoms with van der Waals surface area (Å²) >= 11 is 1.58. The zero-order valence-electron chi connectivity index (χ0n) is 11.1. The van der Waals surface area contributed by atoms with Crippen LogP contribution in [0, 0.1) is 6.92 Å². The summed E-state index contributed by atoms with van der Waals surface area (Å²) in [5, 5.41) is 4.07. The average molecular weight is 279 g/mol. The minimum absolute atomic E-state index is 0.415. The summed E-state index contributed by atoms with van der Waals surface area (Å²) < 4.78 is 10.7. The molecule has 0 aromatic carbocycles. The second-order valence-corrected chi connectivity index (χ2v) is 6.30. The summed E-state index contributed by atoms with van der Waals surface area (Å²) in [5.74, 6) is 1.89. The Balaban J connectivity index is 1.96. The van der Waals surface area contributed by atoms with Crippen molar-refractivity contribution in [2.75, 3.05) is 7.11 Å². The molecule has 2 aromatic heterocycles. The monoisotopic (exact) mass is 279 g/mol. The summed E-state index contributed by atoms with van der Waals surface area (Å²) in [6.45, 7) is 2.02. The Labute approximate surface area is 115 Å². The van der Waals surface area contributed by atoms with Crippen LogP contribution in [0.3, 0.4) is 0 Å². The van der Waals surface area contributed by atoms with Gasteiger partial charge in [0.15, 0.2) is 5.82 Å². The quantitative estimate of drug-likeness (QED) is 0.935. The largest absolute Gasteiger partial charge is 0.495 e. The molecule has 3 rings (SSSR count). The molecule has 1 saturated carbocycles. The van der Waals surface area contributed by atoms with Gasteiger partial charge < -0.3 is 15.0 Å². The number of hydrogen-bond acceptors (Lipinski definition) is 6. The van der Waals surface area contributed by atoms with E-state index in [-0.39, 0.29) is 0 Å². The van der Waals surface area contributed by atoms with Gasteiger partial charge in [0.2, 0.25) is 0 Å². The van der Waals surface area contributed by atoms with Gasteiger partial charge >= 0.3 is 0 Å². The summed E-state index contributed by atoms with van der Waals surface area (Å²) in [4.78, 5) is 6.51. The second kappa shape index (κ2) is 4.61. The highest BCUT2D eigenvalue weighted by molar-refractivity contribution is 7.15. The maximum Gasteiger partial charge on any atom is 0.271 e. The van der Waals surface area contributed by atoms with Gasteiger partial charge in [-0.1, -0.05) is 18.0 Å². The topological polar surface area (TPSA) is 74.2 Å². The van der Waals surface area contributed by atoms with Gasteiger partial charge in [-0.15, -0.1) is 11.3 Å². The molecule has 5 nitrogen and oxygen atoms in total. The number of ether oxygens (including phenoxy) is 1. The number of aromatic nitrogens is 2. The van der Waals surface area contributed by atoms with Crippen LogP contribution in [0.15, 0.2) is 10.6 Å². The van der Waals surface area contributed by atoms with Crippen LogP contribution in [0.5, 0.6) is 5.75 Å². The lowest BCUT2D eigenvalue weighted by Crippen LogP contribution is -2.34. The van der Waals surface area contributed by atoms with E-state index in [1.165, 1.54) is 0 Å². The van der Waals surface area contributed by atoms with Crippen molar-refractivity contribution in [3.05, 3.63) is 16.8 Å². The van der Waals surface area contributed by atoms with Crippen molar-refractivity contribution >= 4 is 11.3 Å². The summed E-state index contributed by atoms with van der Waals surface area (Å²) in [5.41, 5.74) is 5.92. The third-order valence-electron chi connectivity index (χ3n) is 3.60. The summed E-state index contributed by atoms with van der Waals surface area (Å²) in [7, 11) is 1.64. The highest BCUT2D eigenvalue weighted by atomic mass is 32.1. The summed E-state index contributed by atoms with van der Waals surface area (Å²) in [6.07, 6.45) is 4.10. The number of rotatable bonds is 3. The van der Waals surface area contributed by atoms with Crippen molar-refractivity contribution in [2.45, 2.75) is 38.1 Å². The van der Waals surface area contributed by atoms with Gasteiger partial charge in [-0.2, -0.15) is 4.98 Å². The van der Waals surface area contributed by atoms with E-state index in [1.807, 2.05) is 13.0 Å². The molecule has 0 unspecified atom stereocenters. The van der Waals surface area contributed by atoms with Crippen LogP contribution in [0.1, 0.15) is 36.4 Å². The normalized spacial score (nSPS) is 17.8. The first-order valence-corrected chi connectivity index (χ1v) is 7.22. The molecule has 2 aromatic rings. The molecule has 0 aliphatic heterocycles. The Morgan fingerprint density at radius 1 is 1.42 bits per heavy atom. The molecule has 0 radical (unpaired) electrons. The molecular weight excluding hydrogens is 262 g/mol. The molecule has 1 fully saturated rings. The zero-order valence-corrected chi connectivity index (χ0v) is 11.9. The third-order valence-corrected chi connectivity index (χ3v) is 4.62. The van der Waals surface area contributed by atoms with E-state index in [0.29, 0.717) is 11.7 Å².